The third kappa shape index (κ3) is 4.32. The van der Waals surface area contributed by atoms with E-state index in [0.29, 0.717) is 12.8 Å². The van der Waals surface area contributed by atoms with E-state index >= 15 is 0 Å². The van der Waals surface area contributed by atoms with Crippen molar-refractivity contribution in [1.82, 2.24) is 0 Å². The minimum Gasteiger partial charge on any atom is -0.543 e. The van der Waals surface area contributed by atoms with Gasteiger partial charge in [0.2, 0.25) is 8.32 Å². The number of aliphatic hydroxyl groups excluding tert-OH is 1. The van der Waals surface area contributed by atoms with E-state index in [2.05, 4.69) is 33.9 Å². The summed E-state index contributed by atoms with van der Waals surface area (Å²) >= 11 is 0. The van der Waals surface area contributed by atoms with E-state index < -0.39 is 8.32 Å². The summed E-state index contributed by atoms with van der Waals surface area (Å²) in [6, 6.07) is 4.66. The van der Waals surface area contributed by atoms with Gasteiger partial charge in [-0.2, -0.15) is 0 Å². The van der Waals surface area contributed by atoms with Gasteiger partial charge in [0.15, 0.2) is 0 Å². The van der Waals surface area contributed by atoms with E-state index in [1.807, 2.05) is 0 Å². The highest BCUT2D eigenvalue weighted by atomic mass is 28.4. The fraction of sp³-hybridized carbons (Fsp3) is 0.600. The van der Waals surface area contributed by atoms with Crippen molar-refractivity contribution in [3.8, 4) is 5.75 Å². The molecule has 0 saturated heterocycles. The smallest absolute Gasteiger partial charge is 0.250 e. The molecule has 0 atom stereocenters. The number of aryl methyl sites for hydroxylation is 1. The van der Waals surface area contributed by atoms with Gasteiger partial charge in [0.25, 0.3) is 0 Å². The standard InChI is InChI=1S/C15H25FO2Si/c1-15(2,3)19(4,5)18-14-9-8-13(16)11-12(14)7-6-10-17/h8-9,11,17H,6-7,10H2,1-5H3. The number of aliphatic hydroxyl groups is 1. The summed E-state index contributed by atoms with van der Waals surface area (Å²) in [5.74, 6) is 0.511. The van der Waals surface area contributed by atoms with Gasteiger partial charge in [-0.3, -0.25) is 0 Å². The van der Waals surface area contributed by atoms with Gasteiger partial charge in [-0.25, -0.2) is 4.39 Å². The molecule has 19 heavy (non-hydrogen) atoms. The lowest BCUT2D eigenvalue weighted by atomic mass is 10.1. The molecule has 0 saturated carbocycles. The van der Waals surface area contributed by atoms with Gasteiger partial charge in [0.05, 0.1) is 0 Å². The number of benzene rings is 1. The average molecular weight is 284 g/mol. The minimum atomic E-state index is -1.92. The molecule has 0 aromatic heterocycles. The second-order valence-electron chi connectivity index (χ2n) is 6.44. The third-order valence-electron chi connectivity index (χ3n) is 3.80. The van der Waals surface area contributed by atoms with Crippen LogP contribution in [0.1, 0.15) is 32.8 Å². The number of hydrogen-bond donors (Lipinski definition) is 1. The van der Waals surface area contributed by atoms with E-state index in [1.54, 1.807) is 6.07 Å². The summed E-state index contributed by atoms with van der Waals surface area (Å²) in [4.78, 5) is 0. The lowest BCUT2D eigenvalue weighted by Gasteiger charge is -2.37. The Hall–Kier alpha value is -0.873. The van der Waals surface area contributed by atoms with Crippen LogP contribution < -0.4 is 4.43 Å². The van der Waals surface area contributed by atoms with Gasteiger partial charge >= 0.3 is 0 Å². The minimum absolute atomic E-state index is 0.107. The summed E-state index contributed by atoms with van der Waals surface area (Å²) in [5.41, 5.74) is 0.846. The molecule has 1 N–H and O–H groups in total. The average Bonchev–Trinajstić information content (AvgIpc) is 2.27. The van der Waals surface area contributed by atoms with Gasteiger partial charge in [-0.1, -0.05) is 20.8 Å². The van der Waals surface area contributed by atoms with Gasteiger partial charge in [0, 0.05) is 6.61 Å². The van der Waals surface area contributed by atoms with E-state index in [-0.39, 0.29) is 17.5 Å². The molecule has 0 fully saturated rings. The summed E-state index contributed by atoms with van der Waals surface area (Å²) in [6.07, 6.45) is 1.26. The highest BCUT2D eigenvalue weighted by Crippen LogP contribution is 2.38. The highest BCUT2D eigenvalue weighted by Gasteiger charge is 2.39. The Balaban J connectivity index is 3.00. The molecular formula is C15H25FO2Si. The van der Waals surface area contributed by atoms with Gasteiger partial charge in [-0.05, 0) is 54.7 Å². The van der Waals surface area contributed by atoms with E-state index in [1.165, 1.54) is 12.1 Å². The monoisotopic (exact) mass is 284 g/mol. The molecule has 0 aliphatic rings. The predicted molar refractivity (Wildman–Crippen MR) is 79.6 cm³/mol. The Labute approximate surface area is 116 Å². The molecule has 1 aromatic rings. The number of hydrogen-bond acceptors (Lipinski definition) is 2. The fourth-order valence-corrected chi connectivity index (χ4v) is 2.60. The first-order valence-corrected chi connectivity index (χ1v) is 9.66. The van der Waals surface area contributed by atoms with Crippen LogP contribution in [0.3, 0.4) is 0 Å². The van der Waals surface area contributed by atoms with Crippen molar-refractivity contribution in [2.45, 2.75) is 51.7 Å². The highest BCUT2D eigenvalue weighted by molar-refractivity contribution is 6.74. The Morgan fingerprint density at radius 2 is 1.89 bits per heavy atom. The molecule has 1 aromatic carbocycles. The zero-order chi connectivity index (χ0) is 14.7. The first kappa shape index (κ1) is 16.2. The molecule has 0 heterocycles. The van der Waals surface area contributed by atoms with Crippen LogP contribution in [-0.4, -0.2) is 20.0 Å². The molecular weight excluding hydrogens is 259 g/mol. The van der Waals surface area contributed by atoms with Crippen molar-refractivity contribution in [1.29, 1.82) is 0 Å². The summed E-state index contributed by atoms with van der Waals surface area (Å²) in [7, 11) is -1.92. The second kappa shape index (κ2) is 6.05. The van der Waals surface area contributed by atoms with Crippen LogP contribution in [0.4, 0.5) is 4.39 Å². The van der Waals surface area contributed by atoms with Crippen LogP contribution in [0, 0.1) is 5.82 Å². The van der Waals surface area contributed by atoms with Crippen LogP contribution in [-0.2, 0) is 6.42 Å². The molecule has 0 aliphatic heterocycles. The fourth-order valence-electron chi connectivity index (χ4n) is 1.54. The van der Waals surface area contributed by atoms with Crippen molar-refractivity contribution in [3.05, 3.63) is 29.6 Å². The topological polar surface area (TPSA) is 29.5 Å². The molecule has 4 heteroatoms. The van der Waals surface area contributed by atoms with E-state index in [4.69, 9.17) is 9.53 Å². The van der Waals surface area contributed by atoms with E-state index in [0.717, 1.165) is 11.3 Å². The van der Waals surface area contributed by atoms with Gasteiger partial charge < -0.3 is 9.53 Å². The quantitative estimate of drug-likeness (QED) is 0.824. The Kier molecular flexibility index (Phi) is 5.16. The van der Waals surface area contributed by atoms with Crippen molar-refractivity contribution < 1.29 is 13.9 Å². The van der Waals surface area contributed by atoms with E-state index in [9.17, 15) is 4.39 Å². The van der Waals surface area contributed by atoms with Gasteiger partial charge in [0.1, 0.15) is 11.6 Å². The normalized spacial score (nSPS) is 12.6. The SMILES string of the molecule is CC(C)(C)[Si](C)(C)Oc1ccc(F)cc1CCCO. The summed E-state index contributed by atoms with van der Waals surface area (Å²) in [6.45, 7) is 11.0. The molecule has 0 bridgehead atoms. The number of rotatable bonds is 5. The lowest BCUT2D eigenvalue weighted by molar-refractivity contribution is 0.288. The Bertz CT molecular complexity index is 425. The van der Waals surface area contributed by atoms with Crippen molar-refractivity contribution >= 4 is 8.32 Å². The maximum Gasteiger partial charge on any atom is 0.250 e. The van der Waals surface area contributed by atoms with Crippen molar-refractivity contribution in [3.63, 3.8) is 0 Å². The Morgan fingerprint density at radius 1 is 1.26 bits per heavy atom. The third-order valence-corrected chi connectivity index (χ3v) is 8.14. The maximum absolute atomic E-state index is 13.3. The first-order chi connectivity index (χ1) is 8.67. The summed E-state index contributed by atoms with van der Waals surface area (Å²) < 4.78 is 19.6. The molecule has 2 nitrogen and oxygen atoms in total. The number of halogens is 1. The van der Waals surface area contributed by atoms with Crippen LogP contribution in [0.25, 0.3) is 0 Å². The molecule has 108 valence electrons. The zero-order valence-corrected chi connectivity index (χ0v) is 13.6. The van der Waals surface area contributed by atoms with Crippen LogP contribution in [0.15, 0.2) is 18.2 Å². The predicted octanol–water partition coefficient (Wildman–Crippen LogP) is 4.13. The largest absolute Gasteiger partial charge is 0.543 e. The molecule has 0 unspecified atom stereocenters. The zero-order valence-electron chi connectivity index (χ0n) is 12.6. The first-order valence-electron chi connectivity index (χ1n) is 6.76. The van der Waals surface area contributed by atoms with Crippen molar-refractivity contribution in [2.24, 2.45) is 0 Å². The molecule has 0 amide bonds. The Morgan fingerprint density at radius 3 is 2.42 bits per heavy atom. The van der Waals surface area contributed by atoms with Crippen LogP contribution in [0.2, 0.25) is 18.1 Å². The van der Waals surface area contributed by atoms with Gasteiger partial charge in [-0.15, -0.1) is 0 Å². The second-order valence-corrected chi connectivity index (χ2v) is 11.2. The molecule has 0 radical (unpaired) electrons. The molecule has 0 spiro atoms. The lowest BCUT2D eigenvalue weighted by Crippen LogP contribution is -2.44. The maximum atomic E-state index is 13.3. The van der Waals surface area contributed by atoms with Crippen molar-refractivity contribution in [2.75, 3.05) is 6.61 Å². The molecule has 1 rings (SSSR count). The van der Waals surface area contributed by atoms with Crippen LogP contribution >= 0.6 is 0 Å². The molecule has 0 aliphatic carbocycles. The summed E-state index contributed by atoms with van der Waals surface area (Å²) in [5, 5.41) is 9.03. The van der Waals surface area contributed by atoms with Crippen LogP contribution in [0.5, 0.6) is 5.75 Å².